The van der Waals surface area contributed by atoms with Crippen LogP contribution in [0.5, 0.6) is 11.5 Å². The van der Waals surface area contributed by atoms with Crippen LogP contribution in [-0.4, -0.2) is 29.8 Å². The molecular formula is C14H15BrN2O3. The van der Waals surface area contributed by atoms with Crippen LogP contribution in [0.1, 0.15) is 23.0 Å². The summed E-state index contributed by atoms with van der Waals surface area (Å²) in [5.74, 6) is 1.02. The highest BCUT2D eigenvalue weighted by Gasteiger charge is 2.19. The summed E-state index contributed by atoms with van der Waals surface area (Å²) < 4.78 is 12.7. The Bertz CT molecular complexity index is 615. The van der Waals surface area contributed by atoms with Gasteiger partial charge in [-0.15, -0.1) is 0 Å². The number of rotatable bonds is 5. The van der Waals surface area contributed by atoms with Gasteiger partial charge in [0.2, 0.25) is 5.78 Å². The second kappa shape index (κ2) is 6.09. The van der Waals surface area contributed by atoms with Crippen molar-refractivity contribution < 1.29 is 14.3 Å². The Morgan fingerprint density at radius 1 is 1.25 bits per heavy atom. The fraction of sp³-hybridized carbons (Fsp3) is 0.286. The number of ether oxygens (including phenoxy) is 2. The second-order valence-corrected chi connectivity index (χ2v) is 4.94. The Morgan fingerprint density at radius 3 is 2.35 bits per heavy atom. The van der Waals surface area contributed by atoms with E-state index in [1.165, 1.54) is 0 Å². The van der Waals surface area contributed by atoms with Crippen molar-refractivity contribution in [1.29, 1.82) is 0 Å². The summed E-state index contributed by atoms with van der Waals surface area (Å²) in [5.41, 5.74) is 1.01. The molecule has 0 radical (unpaired) electrons. The van der Waals surface area contributed by atoms with Crippen molar-refractivity contribution in [1.82, 2.24) is 9.78 Å². The van der Waals surface area contributed by atoms with Gasteiger partial charge in [0, 0.05) is 18.2 Å². The number of halogens is 1. The number of hydrogen-bond acceptors (Lipinski definition) is 4. The molecule has 0 fully saturated rings. The quantitative estimate of drug-likeness (QED) is 0.786. The minimum atomic E-state index is -0.131. The monoisotopic (exact) mass is 338 g/mol. The van der Waals surface area contributed by atoms with E-state index in [1.807, 2.05) is 6.92 Å². The molecule has 0 spiro atoms. The molecule has 5 nitrogen and oxygen atoms in total. The number of carbonyl (C=O) groups excluding carboxylic acids is 1. The Kier molecular flexibility index (Phi) is 4.44. The molecule has 0 aliphatic rings. The molecule has 106 valence electrons. The van der Waals surface area contributed by atoms with Gasteiger partial charge in [0.1, 0.15) is 17.2 Å². The molecule has 0 amide bonds. The zero-order valence-electron chi connectivity index (χ0n) is 11.5. The van der Waals surface area contributed by atoms with E-state index in [1.54, 1.807) is 43.3 Å². The lowest BCUT2D eigenvalue weighted by atomic mass is 10.1. The fourth-order valence-electron chi connectivity index (χ4n) is 1.90. The predicted octanol–water partition coefficient (Wildman–Crippen LogP) is 2.91. The zero-order chi connectivity index (χ0) is 14.7. The maximum atomic E-state index is 12.6. The Balaban J connectivity index is 2.50. The molecule has 0 atom stereocenters. The summed E-state index contributed by atoms with van der Waals surface area (Å²) in [6.07, 6.45) is 1.62. The third-order valence-electron chi connectivity index (χ3n) is 2.92. The Labute approximate surface area is 125 Å². The lowest BCUT2D eigenvalue weighted by Gasteiger charge is -2.09. The summed E-state index contributed by atoms with van der Waals surface area (Å²) >= 11 is 3.36. The number of benzene rings is 1. The third kappa shape index (κ3) is 2.70. The molecule has 0 aliphatic carbocycles. The van der Waals surface area contributed by atoms with E-state index in [0.717, 1.165) is 0 Å². The zero-order valence-corrected chi connectivity index (χ0v) is 13.1. The van der Waals surface area contributed by atoms with Gasteiger partial charge in [-0.3, -0.25) is 9.48 Å². The van der Waals surface area contributed by atoms with E-state index >= 15 is 0 Å². The van der Waals surface area contributed by atoms with Crippen LogP contribution in [0.4, 0.5) is 0 Å². The Morgan fingerprint density at radius 2 is 1.85 bits per heavy atom. The van der Waals surface area contributed by atoms with Gasteiger partial charge >= 0.3 is 0 Å². The third-order valence-corrected chi connectivity index (χ3v) is 3.50. The van der Waals surface area contributed by atoms with E-state index in [9.17, 15) is 4.79 Å². The van der Waals surface area contributed by atoms with Crippen molar-refractivity contribution in [3.63, 3.8) is 0 Å². The van der Waals surface area contributed by atoms with E-state index in [2.05, 4.69) is 21.0 Å². The first-order valence-electron chi connectivity index (χ1n) is 6.09. The number of nitrogens with zero attached hydrogens (tertiary/aromatic N) is 2. The molecule has 1 heterocycles. The van der Waals surface area contributed by atoms with Crippen LogP contribution in [0.25, 0.3) is 0 Å². The van der Waals surface area contributed by atoms with Gasteiger partial charge in [-0.05, 0) is 35.0 Å². The summed E-state index contributed by atoms with van der Waals surface area (Å²) in [5, 5.41) is 4.15. The topological polar surface area (TPSA) is 53.4 Å². The molecule has 2 rings (SSSR count). The standard InChI is InChI=1S/C14H15BrN2O3/c1-4-17-13(12(15)8-16-17)14(18)9-5-10(19-2)7-11(6-9)20-3/h5-8H,4H2,1-3H3. The summed E-state index contributed by atoms with van der Waals surface area (Å²) in [6.45, 7) is 2.55. The largest absolute Gasteiger partial charge is 0.497 e. The number of methoxy groups -OCH3 is 2. The van der Waals surface area contributed by atoms with Crippen molar-refractivity contribution >= 4 is 21.7 Å². The number of carbonyl (C=O) groups is 1. The molecule has 0 saturated heterocycles. The lowest BCUT2D eigenvalue weighted by molar-refractivity contribution is 0.102. The molecule has 1 aromatic carbocycles. The minimum absolute atomic E-state index is 0.131. The first-order chi connectivity index (χ1) is 9.60. The molecule has 0 N–H and O–H groups in total. The lowest BCUT2D eigenvalue weighted by Crippen LogP contribution is -2.11. The number of aryl methyl sites for hydroxylation is 1. The minimum Gasteiger partial charge on any atom is -0.497 e. The highest BCUT2D eigenvalue weighted by molar-refractivity contribution is 9.10. The van der Waals surface area contributed by atoms with Crippen LogP contribution in [0.15, 0.2) is 28.9 Å². The van der Waals surface area contributed by atoms with Crippen LogP contribution in [0, 0.1) is 0 Å². The molecular weight excluding hydrogens is 324 g/mol. The molecule has 1 aromatic heterocycles. The van der Waals surface area contributed by atoms with Crippen LogP contribution >= 0.6 is 15.9 Å². The highest BCUT2D eigenvalue weighted by atomic mass is 79.9. The molecule has 0 bridgehead atoms. The smallest absolute Gasteiger partial charge is 0.212 e. The molecule has 0 unspecified atom stereocenters. The van der Waals surface area contributed by atoms with Gasteiger partial charge in [-0.2, -0.15) is 5.10 Å². The van der Waals surface area contributed by atoms with Crippen molar-refractivity contribution in [2.45, 2.75) is 13.5 Å². The Hall–Kier alpha value is -1.82. The number of ketones is 1. The van der Waals surface area contributed by atoms with Crippen molar-refractivity contribution in [2.24, 2.45) is 0 Å². The van der Waals surface area contributed by atoms with Crippen LogP contribution in [0.3, 0.4) is 0 Å². The SMILES string of the molecule is CCn1ncc(Br)c1C(=O)c1cc(OC)cc(OC)c1. The van der Waals surface area contributed by atoms with E-state index in [-0.39, 0.29) is 5.78 Å². The van der Waals surface area contributed by atoms with Gasteiger partial charge in [0.15, 0.2) is 0 Å². The molecule has 2 aromatic rings. The van der Waals surface area contributed by atoms with Gasteiger partial charge in [-0.1, -0.05) is 0 Å². The number of hydrogen-bond donors (Lipinski definition) is 0. The highest BCUT2D eigenvalue weighted by Crippen LogP contribution is 2.26. The van der Waals surface area contributed by atoms with Crippen molar-refractivity contribution in [3.8, 4) is 11.5 Å². The van der Waals surface area contributed by atoms with Crippen LogP contribution < -0.4 is 9.47 Å². The molecule has 6 heteroatoms. The van der Waals surface area contributed by atoms with Crippen LogP contribution in [0.2, 0.25) is 0 Å². The summed E-state index contributed by atoms with van der Waals surface area (Å²) in [7, 11) is 3.10. The van der Waals surface area contributed by atoms with Gasteiger partial charge in [-0.25, -0.2) is 0 Å². The molecule has 20 heavy (non-hydrogen) atoms. The van der Waals surface area contributed by atoms with Crippen LogP contribution in [-0.2, 0) is 6.54 Å². The normalized spacial score (nSPS) is 10.4. The van der Waals surface area contributed by atoms with E-state index < -0.39 is 0 Å². The van der Waals surface area contributed by atoms with E-state index in [0.29, 0.717) is 33.8 Å². The average Bonchev–Trinajstić information content (AvgIpc) is 2.86. The van der Waals surface area contributed by atoms with Gasteiger partial charge in [0.25, 0.3) is 0 Å². The van der Waals surface area contributed by atoms with Crippen molar-refractivity contribution in [2.75, 3.05) is 14.2 Å². The van der Waals surface area contributed by atoms with Gasteiger partial charge < -0.3 is 9.47 Å². The average molecular weight is 339 g/mol. The summed E-state index contributed by atoms with van der Waals surface area (Å²) in [4.78, 5) is 12.6. The van der Waals surface area contributed by atoms with Gasteiger partial charge in [0.05, 0.1) is 24.9 Å². The maximum absolute atomic E-state index is 12.6. The molecule has 0 saturated carbocycles. The number of aromatic nitrogens is 2. The predicted molar refractivity (Wildman–Crippen MR) is 78.6 cm³/mol. The first kappa shape index (κ1) is 14.6. The maximum Gasteiger partial charge on any atom is 0.212 e. The fourth-order valence-corrected chi connectivity index (χ4v) is 2.38. The first-order valence-corrected chi connectivity index (χ1v) is 6.89. The van der Waals surface area contributed by atoms with E-state index in [4.69, 9.17) is 9.47 Å². The molecule has 0 aliphatic heterocycles. The summed E-state index contributed by atoms with van der Waals surface area (Å²) in [6, 6.07) is 5.09. The second-order valence-electron chi connectivity index (χ2n) is 4.09. The van der Waals surface area contributed by atoms with Crippen molar-refractivity contribution in [3.05, 3.63) is 40.1 Å².